The molecule has 2 rings (SSSR count). The van der Waals surface area contributed by atoms with Crippen LogP contribution in [0.25, 0.3) is 5.69 Å². The van der Waals surface area contributed by atoms with Crippen molar-refractivity contribution in [2.45, 2.75) is 11.3 Å². The molecular formula is C11H9ClF3N2O2S+. The lowest BCUT2D eigenvalue weighted by atomic mass is 10.2. The van der Waals surface area contributed by atoms with E-state index in [2.05, 4.69) is 0 Å². The molecule has 0 amide bonds. The number of aryl methyl sites for hydroxylation is 1. The van der Waals surface area contributed by atoms with E-state index in [1.807, 2.05) is 0 Å². The third-order valence-corrected chi connectivity index (χ3v) is 3.97. The molecule has 0 N–H and O–H groups in total. The van der Waals surface area contributed by atoms with Crippen LogP contribution < -0.4 is 4.57 Å². The highest BCUT2D eigenvalue weighted by Gasteiger charge is 2.32. The molecule has 0 saturated carbocycles. The van der Waals surface area contributed by atoms with Gasteiger partial charge in [0.05, 0.1) is 12.6 Å². The minimum Gasteiger partial charge on any atom is -0.222 e. The van der Waals surface area contributed by atoms with E-state index >= 15 is 0 Å². The lowest BCUT2D eigenvalue weighted by molar-refractivity contribution is -0.709. The van der Waals surface area contributed by atoms with E-state index in [-0.39, 0.29) is 10.8 Å². The Hall–Kier alpha value is -1.54. The first-order valence-corrected chi connectivity index (χ1v) is 7.61. The summed E-state index contributed by atoms with van der Waals surface area (Å²) >= 11 is 0. The van der Waals surface area contributed by atoms with Gasteiger partial charge in [0.25, 0.3) is 0 Å². The zero-order chi connectivity index (χ0) is 15.1. The summed E-state index contributed by atoms with van der Waals surface area (Å²) in [7, 11) is 2.75. The van der Waals surface area contributed by atoms with Gasteiger partial charge in [-0.05, 0) is 24.3 Å². The summed E-state index contributed by atoms with van der Waals surface area (Å²) in [4.78, 5) is 0. The molecule has 0 aliphatic carbocycles. The zero-order valence-corrected chi connectivity index (χ0v) is 11.7. The fraction of sp³-hybridized carbons (Fsp3) is 0.182. The Kier molecular flexibility index (Phi) is 3.55. The maximum atomic E-state index is 12.5. The van der Waals surface area contributed by atoms with Gasteiger partial charge in [-0.2, -0.15) is 26.2 Å². The second kappa shape index (κ2) is 4.78. The Morgan fingerprint density at radius 2 is 1.75 bits per heavy atom. The summed E-state index contributed by atoms with van der Waals surface area (Å²) in [6, 6.07) is 4.10. The maximum absolute atomic E-state index is 12.5. The molecule has 4 nitrogen and oxygen atoms in total. The first-order valence-electron chi connectivity index (χ1n) is 5.30. The molecule has 0 spiro atoms. The smallest absolute Gasteiger partial charge is 0.222 e. The molecule has 108 valence electrons. The second-order valence-corrected chi connectivity index (χ2v) is 6.50. The predicted molar refractivity (Wildman–Crippen MR) is 65.0 cm³/mol. The molecule has 0 aliphatic rings. The van der Waals surface area contributed by atoms with Crippen molar-refractivity contribution in [3.05, 3.63) is 42.2 Å². The Labute approximate surface area is 117 Å². The molecule has 20 heavy (non-hydrogen) atoms. The van der Waals surface area contributed by atoms with Crippen LogP contribution in [0.2, 0.25) is 0 Å². The summed E-state index contributed by atoms with van der Waals surface area (Å²) < 4.78 is 62.8. The third kappa shape index (κ3) is 2.80. The average Bonchev–Trinajstić information content (AvgIpc) is 2.70. The molecule has 0 bridgehead atoms. The van der Waals surface area contributed by atoms with Crippen LogP contribution in [-0.4, -0.2) is 13.0 Å². The molecule has 2 aromatic rings. The van der Waals surface area contributed by atoms with Crippen molar-refractivity contribution in [1.82, 2.24) is 4.57 Å². The molecular weight excluding hydrogens is 317 g/mol. The van der Waals surface area contributed by atoms with Gasteiger partial charge in [-0.25, -0.2) is 4.57 Å². The van der Waals surface area contributed by atoms with Gasteiger partial charge in [0.1, 0.15) is 18.1 Å². The molecule has 9 heteroatoms. The zero-order valence-electron chi connectivity index (χ0n) is 10.1. The number of halogens is 4. The van der Waals surface area contributed by atoms with Crippen LogP contribution in [0.5, 0.6) is 0 Å². The highest BCUT2D eigenvalue weighted by molar-refractivity contribution is 8.13. The molecule has 1 heterocycles. The quantitative estimate of drug-likeness (QED) is 0.628. The van der Waals surface area contributed by atoms with E-state index in [1.165, 1.54) is 40.7 Å². The summed E-state index contributed by atoms with van der Waals surface area (Å²) in [6.45, 7) is 0. The predicted octanol–water partition coefficient (Wildman–Crippen LogP) is 2.25. The fourth-order valence-electron chi connectivity index (χ4n) is 1.76. The molecule has 0 aliphatic heterocycles. The lowest BCUT2D eigenvalue weighted by Crippen LogP contribution is -2.32. The van der Waals surface area contributed by atoms with Gasteiger partial charge in [-0.15, -0.1) is 0 Å². The first kappa shape index (κ1) is 14.9. The van der Waals surface area contributed by atoms with Gasteiger partial charge in [-0.1, -0.05) is 0 Å². The van der Waals surface area contributed by atoms with Crippen LogP contribution >= 0.6 is 10.7 Å². The number of aromatic nitrogens is 2. The summed E-state index contributed by atoms with van der Waals surface area (Å²) in [5.74, 6) is 0. The second-order valence-electron chi connectivity index (χ2n) is 4.04. The van der Waals surface area contributed by atoms with E-state index in [4.69, 9.17) is 10.7 Å². The number of alkyl halides is 3. The van der Waals surface area contributed by atoms with Crippen molar-refractivity contribution < 1.29 is 26.2 Å². The Bertz CT molecular complexity index is 736. The molecule has 0 fully saturated rings. The van der Waals surface area contributed by atoms with Crippen molar-refractivity contribution in [3.8, 4) is 5.69 Å². The van der Waals surface area contributed by atoms with Gasteiger partial charge in [-0.3, -0.25) is 0 Å². The SMILES string of the molecule is C[n+]1ccn(-c2ccc(C(F)(F)F)cc2)c1S(=O)(=O)Cl. The van der Waals surface area contributed by atoms with E-state index in [9.17, 15) is 21.6 Å². The highest BCUT2D eigenvalue weighted by Crippen LogP contribution is 2.30. The largest absolute Gasteiger partial charge is 0.416 e. The number of rotatable bonds is 2. The van der Waals surface area contributed by atoms with Crippen molar-refractivity contribution >= 4 is 19.7 Å². The van der Waals surface area contributed by atoms with Crippen LogP contribution in [0.4, 0.5) is 13.2 Å². The lowest BCUT2D eigenvalue weighted by Gasteiger charge is -2.06. The third-order valence-electron chi connectivity index (χ3n) is 2.64. The van der Waals surface area contributed by atoms with Crippen molar-refractivity contribution in [3.63, 3.8) is 0 Å². The van der Waals surface area contributed by atoms with Crippen LogP contribution in [0.1, 0.15) is 5.56 Å². The number of imidazole rings is 1. The van der Waals surface area contributed by atoms with Crippen LogP contribution in [0.15, 0.2) is 41.8 Å². The van der Waals surface area contributed by atoms with E-state index in [0.29, 0.717) is 0 Å². The molecule has 0 radical (unpaired) electrons. The molecule has 0 saturated heterocycles. The average molecular weight is 326 g/mol. The monoisotopic (exact) mass is 325 g/mol. The maximum Gasteiger partial charge on any atom is 0.416 e. The minimum absolute atomic E-state index is 0.237. The van der Waals surface area contributed by atoms with Crippen LogP contribution in [0.3, 0.4) is 0 Å². The van der Waals surface area contributed by atoms with Gasteiger partial charge < -0.3 is 0 Å². The molecule has 0 atom stereocenters. The van der Waals surface area contributed by atoms with E-state index in [0.717, 1.165) is 12.1 Å². The van der Waals surface area contributed by atoms with Crippen LogP contribution in [0, 0.1) is 0 Å². The minimum atomic E-state index is -4.44. The summed E-state index contributed by atoms with van der Waals surface area (Å²) in [5.41, 5.74) is -0.550. The topological polar surface area (TPSA) is 43.0 Å². The van der Waals surface area contributed by atoms with Gasteiger partial charge >= 0.3 is 20.4 Å². The number of nitrogens with zero attached hydrogens (tertiary/aromatic N) is 2. The summed E-state index contributed by atoms with van der Waals surface area (Å²) in [6.07, 6.45) is -1.61. The van der Waals surface area contributed by atoms with Gasteiger partial charge in [0.15, 0.2) is 0 Å². The van der Waals surface area contributed by atoms with Gasteiger partial charge in [0.2, 0.25) is 0 Å². The summed E-state index contributed by atoms with van der Waals surface area (Å²) in [5, 5.41) is -0.237. The fourth-order valence-corrected chi connectivity index (χ4v) is 3.12. The van der Waals surface area contributed by atoms with Crippen molar-refractivity contribution in [2.75, 3.05) is 0 Å². The molecule has 1 aromatic heterocycles. The Morgan fingerprint density at radius 1 is 1.20 bits per heavy atom. The van der Waals surface area contributed by atoms with E-state index in [1.54, 1.807) is 0 Å². The van der Waals surface area contributed by atoms with Crippen molar-refractivity contribution in [1.29, 1.82) is 0 Å². The molecule has 1 aromatic carbocycles. The van der Waals surface area contributed by atoms with E-state index < -0.39 is 20.8 Å². The van der Waals surface area contributed by atoms with Crippen molar-refractivity contribution in [2.24, 2.45) is 7.05 Å². The standard InChI is InChI=1S/C11H9ClF3N2O2S/c1-16-6-7-17(10(16)20(12,18)19)9-4-2-8(3-5-9)11(13,14)15/h2-7H,1H3/q+1. The normalized spacial score (nSPS) is 12.7. The Balaban J connectivity index is 2.54. The number of hydrogen-bond acceptors (Lipinski definition) is 2. The number of hydrogen-bond donors (Lipinski definition) is 0. The highest BCUT2D eigenvalue weighted by atomic mass is 35.7. The van der Waals surface area contributed by atoms with Crippen LogP contribution in [-0.2, 0) is 22.3 Å². The number of benzene rings is 1. The van der Waals surface area contributed by atoms with Gasteiger partial charge in [0, 0.05) is 10.7 Å². The Morgan fingerprint density at radius 3 is 2.20 bits per heavy atom. The first-order chi connectivity index (χ1) is 9.10. The molecule has 0 unspecified atom stereocenters.